The first kappa shape index (κ1) is 8.80. The van der Waals surface area contributed by atoms with Crippen molar-refractivity contribution in [3.8, 4) is 11.3 Å². The third kappa shape index (κ3) is 1.39. The molecule has 0 fully saturated rings. The van der Waals surface area contributed by atoms with E-state index in [0.717, 1.165) is 40.6 Å². The molecule has 15 heavy (non-hydrogen) atoms. The summed E-state index contributed by atoms with van der Waals surface area (Å²) < 4.78 is 5.27. The van der Waals surface area contributed by atoms with Gasteiger partial charge in [-0.25, -0.2) is 0 Å². The van der Waals surface area contributed by atoms with Gasteiger partial charge in [0.15, 0.2) is 5.76 Å². The molecule has 0 saturated heterocycles. The van der Waals surface area contributed by atoms with Crippen LogP contribution in [0.1, 0.15) is 5.56 Å². The van der Waals surface area contributed by atoms with Crippen LogP contribution in [-0.4, -0.2) is 11.7 Å². The molecule has 1 aromatic carbocycles. The van der Waals surface area contributed by atoms with Gasteiger partial charge in [-0.15, -0.1) is 0 Å². The minimum absolute atomic E-state index is 0.726. The Morgan fingerprint density at radius 2 is 2.33 bits per heavy atom. The minimum Gasteiger partial charge on any atom is -0.384 e. The fraction of sp³-hybridized carbons (Fsp3) is 0.182. The summed E-state index contributed by atoms with van der Waals surface area (Å²) in [6.45, 7) is 0.877. The van der Waals surface area contributed by atoms with Crippen molar-refractivity contribution < 1.29 is 4.52 Å². The summed E-state index contributed by atoms with van der Waals surface area (Å²) in [6.07, 6.45) is 2.70. The van der Waals surface area contributed by atoms with Crippen LogP contribution in [0.5, 0.6) is 0 Å². The van der Waals surface area contributed by atoms with E-state index in [9.17, 15) is 0 Å². The van der Waals surface area contributed by atoms with E-state index in [4.69, 9.17) is 16.1 Å². The Kier molecular flexibility index (Phi) is 1.92. The zero-order valence-electron chi connectivity index (χ0n) is 7.96. The van der Waals surface area contributed by atoms with Crippen LogP contribution in [0.3, 0.4) is 0 Å². The van der Waals surface area contributed by atoms with Crippen LogP contribution >= 0.6 is 11.6 Å². The first-order valence-corrected chi connectivity index (χ1v) is 5.20. The lowest BCUT2D eigenvalue weighted by molar-refractivity contribution is 0.432. The molecule has 3 nitrogen and oxygen atoms in total. The third-order valence-electron chi connectivity index (χ3n) is 2.58. The second-order valence-electron chi connectivity index (χ2n) is 3.55. The van der Waals surface area contributed by atoms with Gasteiger partial charge in [0.05, 0.1) is 6.20 Å². The van der Waals surface area contributed by atoms with Crippen LogP contribution in [0.15, 0.2) is 28.9 Å². The van der Waals surface area contributed by atoms with Crippen LogP contribution in [0.2, 0.25) is 5.02 Å². The number of nitrogens with one attached hydrogen (secondary N) is 1. The van der Waals surface area contributed by atoms with Gasteiger partial charge in [-0.2, -0.15) is 0 Å². The van der Waals surface area contributed by atoms with Crippen LogP contribution in [0, 0.1) is 0 Å². The quantitative estimate of drug-likeness (QED) is 0.742. The topological polar surface area (TPSA) is 38.1 Å². The van der Waals surface area contributed by atoms with Crippen molar-refractivity contribution in [2.45, 2.75) is 6.42 Å². The van der Waals surface area contributed by atoms with Crippen molar-refractivity contribution in [1.29, 1.82) is 0 Å². The van der Waals surface area contributed by atoms with E-state index in [0.29, 0.717) is 0 Å². The van der Waals surface area contributed by atoms with E-state index in [1.807, 2.05) is 18.2 Å². The van der Waals surface area contributed by atoms with E-state index in [1.54, 1.807) is 6.20 Å². The fourth-order valence-electron chi connectivity index (χ4n) is 1.85. The summed E-state index contributed by atoms with van der Waals surface area (Å²) in [5.41, 5.74) is 3.19. The molecule has 0 unspecified atom stereocenters. The van der Waals surface area contributed by atoms with E-state index < -0.39 is 0 Å². The average Bonchev–Trinajstić information content (AvgIpc) is 2.61. The Bertz CT molecular complexity index is 507. The molecule has 0 aliphatic carbocycles. The van der Waals surface area contributed by atoms with E-state index in [-0.39, 0.29) is 0 Å². The van der Waals surface area contributed by atoms with Crippen LogP contribution in [0.4, 0.5) is 5.69 Å². The molecule has 1 aromatic heterocycles. The standard InChI is InChI=1S/C11H9ClN2O/c12-8-1-2-9-10(5-8)13-4-3-7-6-14-15-11(7)9/h1-2,5-6,13H,3-4H2. The molecule has 1 N–H and O–H groups in total. The molecule has 3 rings (SSSR count). The molecule has 0 saturated carbocycles. The molecular weight excluding hydrogens is 212 g/mol. The molecule has 0 spiro atoms. The van der Waals surface area contributed by atoms with E-state index in [2.05, 4.69) is 10.5 Å². The van der Waals surface area contributed by atoms with Crippen molar-refractivity contribution in [1.82, 2.24) is 5.16 Å². The molecule has 2 aromatic rings. The zero-order valence-corrected chi connectivity index (χ0v) is 8.71. The highest BCUT2D eigenvalue weighted by Gasteiger charge is 2.17. The van der Waals surface area contributed by atoms with Crippen LogP contribution in [0.25, 0.3) is 11.3 Å². The SMILES string of the molecule is Clc1ccc2c(c1)NCCc1cnoc1-2. The summed E-state index contributed by atoms with van der Waals surface area (Å²) in [6, 6.07) is 5.73. The largest absolute Gasteiger partial charge is 0.384 e. The predicted octanol–water partition coefficient (Wildman–Crippen LogP) is 2.96. The normalized spacial score (nSPS) is 13.7. The second-order valence-corrected chi connectivity index (χ2v) is 3.98. The molecule has 1 aliphatic heterocycles. The summed E-state index contributed by atoms with van der Waals surface area (Å²) in [5.74, 6) is 0.853. The Balaban J connectivity index is 2.25. The van der Waals surface area contributed by atoms with Gasteiger partial charge in [0.2, 0.25) is 0 Å². The third-order valence-corrected chi connectivity index (χ3v) is 2.82. The number of fused-ring (bicyclic) bond motifs is 3. The van der Waals surface area contributed by atoms with E-state index in [1.165, 1.54) is 0 Å². The van der Waals surface area contributed by atoms with Gasteiger partial charge in [0.25, 0.3) is 0 Å². The van der Waals surface area contributed by atoms with Gasteiger partial charge >= 0.3 is 0 Å². The fourth-order valence-corrected chi connectivity index (χ4v) is 2.02. The molecule has 2 heterocycles. The molecule has 4 heteroatoms. The van der Waals surface area contributed by atoms with Crippen molar-refractivity contribution in [2.75, 3.05) is 11.9 Å². The van der Waals surface area contributed by atoms with Gasteiger partial charge in [-0.3, -0.25) is 0 Å². The number of benzene rings is 1. The van der Waals surface area contributed by atoms with Gasteiger partial charge < -0.3 is 9.84 Å². The van der Waals surface area contributed by atoms with E-state index >= 15 is 0 Å². The number of anilines is 1. The molecule has 76 valence electrons. The van der Waals surface area contributed by atoms with Crippen LogP contribution in [-0.2, 0) is 6.42 Å². The Morgan fingerprint density at radius 3 is 3.27 bits per heavy atom. The van der Waals surface area contributed by atoms with Gasteiger partial charge in [-0.1, -0.05) is 16.8 Å². The Labute approximate surface area is 92.0 Å². The van der Waals surface area contributed by atoms with Gasteiger partial charge in [0, 0.05) is 28.4 Å². The Hall–Kier alpha value is -1.48. The number of nitrogens with zero attached hydrogens (tertiary/aromatic N) is 1. The highest BCUT2D eigenvalue weighted by Crippen LogP contribution is 2.34. The second kappa shape index (κ2) is 3.28. The zero-order chi connectivity index (χ0) is 10.3. The summed E-state index contributed by atoms with van der Waals surface area (Å²) >= 11 is 5.94. The first-order valence-electron chi connectivity index (χ1n) is 4.82. The molecule has 1 aliphatic rings. The summed E-state index contributed by atoms with van der Waals surface area (Å²) in [4.78, 5) is 0. The van der Waals surface area contributed by atoms with Crippen molar-refractivity contribution in [2.24, 2.45) is 0 Å². The lowest BCUT2D eigenvalue weighted by Gasteiger charge is -2.06. The molecule has 0 radical (unpaired) electrons. The van der Waals surface area contributed by atoms with Gasteiger partial charge in [-0.05, 0) is 24.6 Å². The number of hydrogen-bond donors (Lipinski definition) is 1. The van der Waals surface area contributed by atoms with Crippen LogP contribution < -0.4 is 5.32 Å². The summed E-state index contributed by atoms with van der Waals surface area (Å²) in [5, 5.41) is 7.88. The number of aromatic nitrogens is 1. The highest BCUT2D eigenvalue weighted by molar-refractivity contribution is 6.31. The van der Waals surface area contributed by atoms with Crippen molar-refractivity contribution in [3.63, 3.8) is 0 Å². The summed E-state index contributed by atoms with van der Waals surface area (Å²) in [7, 11) is 0. The highest BCUT2D eigenvalue weighted by atomic mass is 35.5. The van der Waals surface area contributed by atoms with Crippen molar-refractivity contribution >= 4 is 17.3 Å². The minimum atomic E-state index is 0.726. The molecule has 0 bridgehead atoms. The smallest absolute Gasteiger partial charge is 0.172 e. The maximum atomic E-state index is 5.94. The van der Waals surface area contributed by atoms with Gasteiger partial charge in [0.1, 0.15) is 0 Å². The Morgan fingerprint density at radius 1 is 1.40 bits per heavy atom. The van der Waals surface area contributed by atoms with Crippen molar-refractivity contribution in [3.05, 3.63) is 35.0 Å². The number of halogens is 1. The predicted molar refractivity (Wildman–Crippen MR) is 59.1 cm³/mol. The molecular formula is C11H9ClN2O. The first-order chi connectivity index (χ1) is 7.34. The number of hydrogen-bond acceptors (Lipinski definition) is 3. The molecule has 0 amide bonds. The number of rotatable bonds is 0. The maximum absolute atomic E-state index is 5.94. The monoisotopic (exact) mass is 220 g/mol. The maximum Gasteiger partial charge on any atom is 0.172 e. The lowest BCUT2D eigenvalue weighted by Crippen LogP contribution is -2.01. The average molecular weight is 221 g/mol. The molecule has 0 atom stereocenters. The lowest BCUT2D eigenvalue weighted by atomic mass is 10.1.